The van der Waals surface area contributed by atoms with E-state index in [1.165, 1.54) is 18.1 Å². The highest BCUT2D eigenvalue weighted by molar-refractivity contribution is 5.96. The van der Waals surface area contributed by atoms with Gasteiger partial charge in [0.15, 0.2) is 11.5 Å². The van der Waals surface area contributed by atoms with Gasteiger partial charge in [-0.2, -0.15) is 0 Å². The van der Waals surface area contributed by atoms with Crippen LogP contribution in [0.15, 0.2) is 23.8 Å². The summed E-state index contributed by atoms with van der Waals surface area (Å²) >= 11 is 0. The number of aliphatic hydroxyl groups excluding tert-OH is 2. The molecule has 3 N–H and O–H groups in total. The van der Waals surface area contributed by atoms with Crippen LogP contribution in [0.2, 0.25) is 0 Å². The molecule has 0 unspecified atom stereocenters. The average molecular weight is 519 g/mol. The molecule has 11 nitrogen and oxygen atoms in total. The van der Waals surface area contributed by atoms with Crippen LogP contribution in [0.5, 0.6) is 11.5 Å². The Morgan fingerprint density at radius 2 is 2.14 bits per heavy atom. The first-order chi connectivity index (χ1) is 17.9. The molecule has 0 bridgehead atoms. The number of carbonyl (C=O) groups excluding carboxylic acids is 3. The molecule has 0 spiro atoms. The molecule has 2 amide bonds. The topological polar surface area (TPSA) is 144 Å². The Kier molecular flexibility index (Phi) is 8.80. The van der Waals surface area contributed by atoms with Crippen molar-refractivity contribution >= 4 is 18.1 Å². The number of aldehydes is 1. The van der Waals surface area contributed by atoms with Crippen LogP contribution in [-0.4, -0.2) is 104 Å². The van der Waals surface area contributed by atoms with E-state index >= 15 is 0 Å². The predicted molar refractivity (Wildman–Crippen MR) is 131 cm³/mol. The zero-order chi connectivity index (χ0) is 26.5. The molecule has 1 aliphatic carbocycles. The van der Waals surface area contributed by atoms with Gasteiger partial charge < -0.3 is 39.4 Å². The molecular weight excluding hydrogens is 484 g/mol. The molecule has 11 heteroatoms. The van der Waals surface area contributed by atoms with Crippen LogP contribution in [0.25, 0.3) is 0 Å². The molecule has 0 radical (unpaired) electrons. The van der Waals surface area contributed by atoms with Crippen LogP contribution < -0.4 is 14.8 Å². The van der Waals surface area contributed by atoms with E-state index in [4.69, 9.17) is 18.9 Å². The van der Waals surface area contributed by atoms with Gasteiger partial charge in [0.2, 0.25) is 11.8 Å². The number of fused-ring (bicyclic) bond motifs is 3. The second-order valence-corrected chi connectivity index (χ2v) is 9.22. The number of nitrogens with zero attached hydrogens (tertiary/aromatic N) is 1. The van der Waals surface area contributed by atoms with Crippen LogP contribution in [-0.2, 0) is 19.1 Å². The molecule has 1 fully saturated rings. The summed E-state index contributed by atoms with van der Waals surface area (Å²) in [6.45, 7) is 2.53. The van der Waals surface area contributed by atoms with E-state index in [1.807, 2.05) is 0 Å². The highest BCUT2D eigenvalue weighted by Gasteiger charge is 2.51. The van der Waals surface area contributed by atoms with Crippen LogP contribution in [0.4, 0.5) is 0 Å². The minimum Gasteiger partial charge on any atom is -0.493 e. The van der Waals surface area contributed by atoms with Gasteiger partial charge in [0.25, 0.3) is 0 Å². The number of amides is 2. The fraction of sp³-hybridized carbons (Fsp3) is 0.577. The van der Waals surface area contributed by atoms with Crippen molar-refractivity contribution in [1.29, 1.82) is 0 Å². The van der Waals surface area contributed by atoms with Gasteiger partial charge in [-0.05, 0) is 38.0 Å². The lowest BCUT2D eigenvalue weighted by molar-refractivity contribution is -0.143. The Hall–Kier alpha value is -2.99. The normalized spacial score (nSPS) is 25.9. The lowest BCUT2D eigenvalue weighted by Crippen LogP contribution is -2.57. The van der Waals surface area contributed by atoms with Gasteiger partial charge in [-0.25, -0.2) is 0 Å². The Balaban J connectivity index is 1.77. The maximum absolute atomic E-state index is 13.3. The molecule has 2 heterocycles. The first-order valence-electron chi connectivity index (χ1n) is 12.5. The Bertz CT molecular complexity index is 1040. The summed E-state index contributed by atoms with van der Waals surface area (Å²) in [4.78, 5) is 39.6. The van der Waals surface area contributed by atoms with Crippen molar-refractivity contribution in [3.63, 3.8) is 0 Å². The molecule has 5 atom stereocenters. The van der Waals surface area contributed by atoms with Crippen LogP contribution in [0.1, 0.15) is 41.6 Å². The molecule has 0 saturated carbocycles. The lowest BCUT2D eigenvalue weighted by atomic mass is 9.77. The number of rotatable bonds is 11. The largest absolute Gasteiger partial charge is 0.493 e. The number of carbonyl (C=O) groups is 3. The van der Waals surface area contributed by atoms with Gasteiger partial charge in [-0.1, -0.05) is 0 Å². The van der Waals surface area contributed by atoms with Gasteiger partial charge in [0, 0.05) is 43.0 Å². The summed E-state index contributed by atoms with van der Waals surface area (Å²) in [7, 11) is 1.44. The van der Waals surface area contributed by atoms with E-state index < -0.39 is 30.1 Å². The van der Waals surface area contributed by atoms with Gasteiger partial charge in [-0.15, -0.1) is 0 Å². The molecule has 0 aromatic heterocycles. The average Bonchev–Trinajstić information content (AvgIpc) is 3.57. The quantitative estimate of drug-likeness (QED) is 0.349. The molecule has 202 valence electrons. The minimum atomic E-state index is -1.21. The summed E-state index contributed by atoms with van der Waals surface area (Å²) in [5, 5.41) is 23.5. The van der Waals surface area contributed by atoms with Crippen LogP contribution >= 0.6 is 0 Å². The van der Waals surface area contributed by atoms with Crippen molar-refractivity contribution < 1.29 is 43.5 Å². The van der Waals surface area contributed by atoms with E-state index in [0.29, 0.717) is 42.1 Å². The van der Waals surface area contributed by atoms with E-state index in [1.54, 1.807) is 19.1 Å². The Morgan fingerprint density at radius 1 is 1.32 bits per heavy atom. The number of hydrogen-bond donors (Lipinski definition) is 3. The summed E-state index contributed by atoms with van der Waals surface area (Å²) in [5.41, 5.74) is 1.12. The number of ether oxygens (including phenoxy) is 4. The highest BCUT2D eigenvalue weighted by atomic mass is 16.5. The van der Waals surface area contributed by atoms with Crippen molar-refractivity contribution in [2.45, 2.75) is 50.0 Å². The summed E-state index contributed by atoms with van der Waals surface area (Å²) in [6.07, 6.45) is 1.56. The third-order valence-electron chi connectivity index (χ3n) is 6.95. The molecule has 1 saturated heterocycles. The van der Waals surface area contributed by atoms with E-state index in [2.05, 4.69) is 5.32 Å². The van der Waals surface area contributed by atoms with Crippen molar-refractivity contribution in [3.8, 4) is 11.5 Å². The fourth-order valence-corrected chi connectivity index (χ4v) is 5.23. The molecule has 4 rings (SSSR count). The lowest BCUT2D eigenvalue weighted by Gasteiger charge is -2.41. The van der Waals surface area contributed by atoms with E-state index in [9.17, 15) is 24.6 Å². The maximum Gasteiger partial charge on any atom is 0.249 e. The zero-order valence-electron chi connectivity index (χ0n) is 21.1. The molecule has 1 aromatic carbocycles. The van der Waals surface area contributed by atoms with Gasteiger partial charge in [-0.3, -0.25) is 14.4 Å². The monoisotopic (exact) mass is 518 g/mol. The second-order valence-electron chi connectivity index (χ2n) is 9.22. The first-order valence-corrected chi connectivity index (χ1v) is 12.5. The highest BCUT2D eigenvalue weighted by Crippen LogP contribution is 2.51. The summed E-state index contributed by atoms with van der Waals surface area (Å²) in [5.74, 6) is -0.906. The molecule has 1 aromatic rings. The summed E-state index contributed by atoms with van der Waals surface area (Å²) < 4.78 is 22.7. The van der Waals surface area contributed by atoms with Crippen LogP contribution in [0, 0.1) is 0 Å². The van der Waals surface area contributed by atoms with Crippen molar-refractivity contribution in [3.05, 3.63) is 34.9 Å². The number of benzene rings is 1. The third kappa shape index (κ3) is 5.49. The second kappa shape index (κ2) is 12.0. The third-order valence-corrected chi connectivity index (χ3v) is 6.95. The molecule has 37 heavy (non-hydrogen) atoms. The SMILES string of the molecule is CCOCC(=O)N(C[C@H]1CCCO1)[C@@H]1C=C(C(=O)NCCO)[C@@H]2c3cc(C=O)cc(OC)c3O[C@@H]2[C@H]1O. The summed E-state index contributed by atoms with van der Waals surface area (Å²) in [6, 6.07) is 2.23. The van der Waals surface area contributed by atoms with Crippen molar-refractivity contribution in [2.24, 2.45) is 0 Å². The number of hydrogen-bond acceptors (Lipinski definition) is 9. The van der Waals surface area contributed by atoms with Gasteiger partial charge >= 0.3 is 0 Å². The van der Waals surface area contributed by atoms with Crippen LogP contribution in [0.3, 0.4) is 0 Å². The predicted octanol–water partition coefficient (Wildman–Crippen LogP) is 0.174. The number of aliphatic hydroxyl groups is 2. The van der Waals surface area contributed by atoms with Gasteiger partial charge in [0.1, 0.15) is 25.1 Å². The standard InChI is InChI=1S/C26H34N2O9/c1-3-35-14-21(31)28(12-16-5-4-8-36-16)19-11-18(26(33)27-6-7-29)22-17-9-15(13-30)10-20(34-2)24(17)37-25(22)23(19)32/h9-11,13,16,19,22-23,25,29,32H,3-8,12,14H2,1-2H3,(H,27,33)/t16-,19-,22+,23+,25+/m1/s1. The number of nitrogens with one attached hydrogen (secondary N) is 1. The minimum absolute atomic E-state index is 0.0229. The fourth-order valence-electron chi connectivity index (χ4n) is 5.23. The Labute approximate surface area is 215 Å². The number of methoxy groups -OCH3 is 1. The van der Waals surface area contributed by atoms with E-state index in [-0.39, 0.29) is 43.9 Å². The Morgan fingerprint density at radius 3 is 2.78 bits per heavy atom. The molecule has 3 aliphatic rings. The zero-order valence-corrected chi connectivity index (χ0v) is 21.1. The van der Waals surface area contributed by atoms with Crippen molar-refractivity contribution in [2.75, 3.05) is 46.6 Å². The maximum atomic E-state index is 13.3. The smallest absolute Gasteiger partial charge is 0.249 e. The molecule has 2 aliphatic heterocycles. The van der Waals surface area contributed by atoms with Crippen molar-refractivity contribution in [1.82, 2.24) is 10.2 Å². The van der Waals surface area contributed by atoms with E-state index in [0.717, 1.165) is 12.8 Å². The first kappa shape index (κ1) is 27.1. The van der Waals surface area contributed by atoms with Gasteiger partial charge in [0.05, 0.1) is 31.8 Å². The molecular formula is C26H34N2O9.